The standard InChI is InChI=1S/C11H14ClN/c1-9(13-6-7-13)8-10-2-4-11(12)5-3-10/h2-5,9H,6-8H2,1H3. The number of halogens is 1. The van der Waals surface area contributed by atoms with Gasteiger partial charge in [0.15, 0.2) is 0 Å². The Balaban J connectivity index is 1.96. The Morgan fingerprint density at radius 1 is 1.31 bits per heavy atom. The Kier molecular flexibility index (Phi) is 2.56. The molecule has 1 aliphatic rings. The molecule has 2 rings (SSSR count). The van der Waals surface area contributed by atoms with Crippen LogP contribution >= 0.6 is 11.6 Å². The average molecular weight is 196 g/mol. The first-order valence-electron chi connectivity index (χ1n) is 4.74. The predicted octanol–water partition coefficient (Wildman–Crippen LogP) is 2.59. The van der Waals surface area contributed by atoms with E-state index in [0.717, 1.165) is 11.4 Å². The Bertz CT molecular complexity index is 277. The molecule has 1 atom stereocenters. The molecule has 2 heteroatoms. The first-order chi connectivity index (χ1) is 6.25. The fraction of sp³-hybridized carbons (Fsp3) is 0.455. The molecule has 70 valence electrons. The summed E-state index contributed by atoms with van der Waals surface area (Å²) < 4.78 is 0. The van der Waals surface area contributed by atoms with Gasteiger partial charge < -0.3 is 0 Å². The van der Waals surface area contributed by atoms with E-state index in [9.17, 15) is 0 Å². The minimum atomic E-state index is 0.682. The Morgan fingerprint density at radius 2 is 1.92 bits per heavy atom. The smallest absolute Gasteiger partial charge is 0.0406 e. The highest BCUT2D eigenvalue weighted by atomic mass is 35.5. The second-order valence-electron chi connectivity index (χ2n) is 3.72. The Labute approximate surface area is 84.3 Å². The predicted molar refractivity (Wildman–Crippen MR) is 56.2 cm³/mol. The van der Waals surface area contributed by atoms with Crippen molar-refractivity contribution in [2.45, 2.75) is 19.4 Å². The Morgan fingerprint density at radius 3 is 2.46 bits per heavy atom. The molecule has 1 aromatic rings. The number of hydrogen-bond acceptors (Lipinski definition) is 1. The monoisotopic (exact) mass is 195 g/mol. The lowest BCUT2D eigenvalue weighted by atomic mass is 10.1. The maximum Gasteiger partial charge on any atom is 0.0406 e. The van der Waals surface area contributed by atoms with Crippen molar-refractivity contribution in [2.75, 3.05) is 13.1 Å². The summed E-state index contributed by atoms with van der Waals surface area (Å²) in [4.78, 5) is 2.47. The molecule has 1 nitrogen and oxygen atoms in total. The minimum Gasteiger partial charge on any atom is -0.298 e. The molecule has 0 aromatic heterocycles. The summed E-state index contributed by atoms with van der Waals surface area (Å²) in [6.07, 6.45) is 1.14. The van der Waals surface area contributed by atoms with Crippen LogP contribution in [0.3, 0.4) is 0 Å². The number of rotatable bonds is 3. The molecular weight excluding hydrogens is 182 g/mol. The molecule has 1 saturated heterocycles. The van der Waals surface area contributed by atoms with Gasteiger partial charge in [0.05, 0.1) is 0 Å². The molecule has 1 aliphatic heterocycles. The molecule has 0 spiro atoms. The van der Waals surface area contributed by atoms with E-state index in [-0.39, 0.29) is 0 Å². The zero-order valence-corrected chi connectivity index (χ0v) is 8.59. The summed E-state index contributed by atoms with van der Waals surface area (Å²) in [5.41, 5.74) is 1.38. The van der Waals surface area contributed by atoms with E-state index in [1.54, 1.807) is 0 Å². The summed E-state index contributed by atoms with van der Waals surface area (Å²) in [6.45, 7) is 4.82. The third kappa shape index (κ3) is 2.45. The van der Waals surface area contributed by atoms with Crippen LogP contribution in [0.5, 0.6) is 0 Å². The number of hydrogen-bond donors (Lipinski definition) is 0. The minimum absolute atomic E-state index is 0.682. The van der Waals surface area contributed by atoms with E-state index in [0.29, 0.717) is 6.04 Å². The van der Waals surface area contributed by atoms with Gasteiger partial charge in [-0.1, -0.05) is 23.7 Å². The van der Waals surface area contributed by atoms with Crippen LogP contribution in [0.4, 0.5) is 0 Å². The van der Waals surface area contributed by atoms with E-state index in [1.807, 2.05) is 12.1 Å². The summed E-state index contributed by atoms with van der Waals surface area (Å²) in [6, 6.07) is 8.84. The maximum absolute atomic E-state index is 5.81. The zero-order chi connectivity index (χ0) is 9.26. The normalized spacial score (nSPS) is 18.6. The van der Waals surface area contributed by atoms with Crippen molar-refractivity contribution in [3.63, 3.8) is 0 Å². The van der Waals surface area contributed by atoms with Crippen LogP contribution in [0.1, 0.15) is 12.5 Å². The molecule has 0 N–H and O–H groups in total. The van der Waals surface area contributed by atoms with E-state index in [1.165, 1.54) is 18.7 Å². The molecule has 0 saturated carbocycles. The third-order valence-corrected chi connectivity index (χ3v) is 2.80. The topological polar surface area (TPSA) is 3.01 Å². The summed E-state index contributed by atoms with van der Waals surface area (Å²) in [5.74, 6) is 0. The number of nitrogens with zero attached hydrogens (tertiary/aromatic N) is 1. The van der Waals surface area contributed by atoms with Crippen LogP contribution in [0.15, 0.2) is 24.3 Å². The van der Waals surface area contributed by atoms with Gasteiger partial charge in [-0.25, -0.2) is 0 Å². The quantitative estimate of drug-likeness (QED) is 0.671. The van der Waals surface area contributed by atoms with Crippen molar-refractivity contribution < 1.29 is 0 Å². The lowest BCUT2D eigenvalue weighted by Crippen LogP contribution is -2.16. The van der Waals surface area contributed by atoms with Crippen molar-refractivity contribution in [3.8, 4) is 0 Å². The van der Waals surface area contributed by atoms with Crippen molar-refractivity contribution in [1.82, 2.24) is 4.90 Å². The largest absolute Gasteiger partial charge is 0.298 e. The van der Waals surface area contributed by atoms with Gasteiger partial charge in [0, 0.05) is 24.2 Å². The first-order valence-corrected chi connectivity index (χ1v) is 5.12. The molecule has 0 amide bonds. The fourth-order valence-electron chi connectivity index (χ4n) is 1.59. The van der Waals surface area contributed by atoms with Crippen LogP contribution in [0, 0.1) is 0 Å². The Hall–Kier alpha value is -0.530. The van der Waals surface area contributed by atoms with E-state index in [2.05, 4.69) is 24.0 Å². The van der Waals surface area contributed by atoms with Gasteiger partial charge in [0.25, 0.3) is 0 Å². The van der Waals surface area contributed by atoms with Crippen molar-refractivity contribution in [2.24, 2.45) is 0 Å². The highest BCUT2D eigenvalue weighted by Gasteiger charge is 2.23. The summed E-state index contributed by atoms with van der Waals surface area (Å²) in [5, 5.41) is 0.822. The number of benzene rings is 1. The lowest BCUT2D eigenvalue weighted by Gasteiger charge is -2.11. The van der Waals surface area contributed by atoms with Gasteiger partial charge in [0.1, 0.15) is 0 Å². The first kappa shape index (κ1) is 9.04. The summed E-state index contributed by atoms with van der Waals surface area (Å²) in [7, 11) is 0. The van der Waals surface area contributed by atoms with Crippen LogP contribution in [-0.4, -0.2) is 24.0 Å². The van der Waals surface area contributed by atoms with Gasteiger partial charge in [-0.15, -0.1) is 0 Å². The van der Waals surface area contributed by atoms with Crippen LogP contribution < -0.4 is 0 Å². The van der Waals surface area contributed by atoms with Crippen molar-refractivity contribution in [1.29, 1.82) is 0 Å². The molecule has 0 aliphatic carbocycles. The summed E-state index contributed by atoms with van der Waals surface area (Å²) >= 11 is 5.81. The van der Waals surface area contributed by atoms with Crippen LogP contribution in [-0.2, 0) is 6.42 Å². The van der Waals surface area contributed by atoms with Crippen molar-refractivity contribution >= 4 is 11.6 Å². The maximum atomic E-state index is 5.81. The molecule has 1 fully saturated rings. The van der Waals surface area contributed by atoms with E-state index in [4.69, 9.17) is 11.6 Å². The fourth-order valence-corrected chi connectivity index (χ4v) is 1.72. The van der Waals surface area contributed by atoms with E-state index < -0.39 is 0 Å². The molecule has 0 bridgehead atoms. The lowest BCUT2D eigenvalue weighted by molar-refractivity contribution is 0.425. The highest BCUT2D eigenvalue weighted by molar-refractivity contribution is 6.30. The molecule has 1 heterocycles. The van der Waals surface area contributed by atoms with Crippen LogP contribution in [0.2, 0.25) is 5.02 Å². The van der Waals surface area contributed by atoms with Crippen LogP contribution in [0.25, 0.3) is 0 Å². The molecule has 1 unspecified atom stereocenters. The SMILES string of the molecule is CC(Cc1ccc(Cl)cc1)N1CC1. The highest BCUT2D eigenvalue weighted by Crippen LogP contribution is 2.16. The average Bonchev–Trinajstić information content (AvgIpc) is 2.91. The second kappa shape index (κ2) is 3.69. The van der Waals surface area contributed by atoms with E-state index >= 15 is 0 Å². The van der Waals surface area contributed by atoms with Gasteiger partial charge in [-0.05, 0) is 31.0 Å². The van der Waals surface area contributed by atoms with Gasteiger partial charge >= 0.3 is 0 Å². The van der Waals surface area contributed by atoms with Gasteiger partial charge in [0.2, 0.25) is 0 Å². The molecular formula is C11H14ClN. The third-order valence-electron chi connectivity index (χ3n) is 2.55. The molecule has 13 heavy (non-hydrogen) atoms. The van der Waals surface area contributed by atoms with Crippen molar-refractivity contribution in [3.05, 3.63) is 34.9 Å². The van der Waals surface area contributed by atoms with Gasteiger partial charge in [-0.3, -0.25) is 4.90 Å². The van der Waals surface area contributed by atoms with Gasteiger partial charge in [-0.2, -0.15) is 0 Å². The molecule has 0 radical (unpaired) electrons. The zero-order valence-electron chi connectivity index (χ0n) is 7.83. The molecule has 1 aromatic carbocycles. The second-order valence-corrected chi connectivity index (χ2v) is 4.15.